The summed E-state index contributed by atoms with van der Waals surface area (Å²) in [5, 5.41) is 0. The molecule has 1 aromatic rings. The predicted octanol–water partition coefficient (Wildman–Crippen LogP) is 3.38. The van der Waals surface area contributed by atoms with Crippen LogP contribution in [0.5, 0.6) is 0 Å². The highest BCUT2D eigenvalue weighted by atomic mass is 32.1. The molecule has 2 heteroatoms. The van der Waals surface area contributed by atoms with Gasteiger partial charge in [0, 0.05) is 28.1 Å². The summed E-state index contributed by atoms with van der Waals surface area (Å²) in [7, 11) is 0. The minimum atomic E-state index is 0.572. The summed E-state index contributed by atoms with van der Waals surface area (Å²) in [6.45, 7) is 2.20. The van der Waals surface area contributed by atoms with E-state index in [4.69, 9.17) is 0 Å². The summed E-state index contributed by atoms with van der Waals surface area (Å²) in [6, 6.07) is 4.48. The van der Waals surface area contributed by atoms with Gasteiger partial charge >= 0.3 is 0 Å². The average molecular weight is 191 g/mol. The van der Waals surface area contributed by atoms with Crippen molar-refractivity contribution >= 4 is 17.6 Å². The van der Waals surface area contributed by atoms with E-state index in [0.29, 0.717) is 5.92 Å². The van der Waals surface area contributed by atoms with E-state index >= 15 is 0 Å². The van der Waals surface area contributed by atoms with Crippen LogP contribution in [0.25, 0.3) is 0 Å². The molecule has 0 amide bonds. The largest absolute Gasteiger partial charge is 0.269 e. The summed E-state index contributed by atoms with van der Waals surface area (Å²) in [6.07, 6.45) is 8.29. The molecule has 68 valence electrons. The zero-order valence-electron chi connectivity index (χ0n) is 7.73. The quantitative estimate of drug-likeness (QED) is 0.679. The summed E-state index contributed by atoms with van der Waals surface area (Å²) in [5.74, 6) is 0.572. The summed E-state index contributed by atoms with van der Waals surface area (Å²) >= 11 is 1.93. The summed E-state index contributed by atoms with van der Waals surface area (Å²) in [5.41, 5.74) is 0. The number of hydrogen-bond donors (Lipinski definition) is 0. The van der Waals surface area contributed by atoms with Gasteiger partial charge in [-0.1, -0.05) is 13.0 Å². The Kier molecular flexibility index (Phi) is 2.60. The molecule has 13 heavy (non-hydrogen) atoms. The minimum absolute atomic E-state index is 0.572. The van der Waals surface area contributed by atoms with Gasteiger partial charge in [0.05, 0.1) is 0 Å². The van der Waals surface area contributed by atoms with Gasteiger partial charge in [-0.3, -0.25) is 4.99 Å². The normalized spacial score (nSPS) is 20.8. The van der Waals surface area contributed by atoms with Crippen LogP contribution in [0.2, 0.25) is 0 Å². The molecule has 0 fully saturated rings. The lowest BCUT2D eigenvalue weighted by Crippen LogP contribution is -1.95. The Hall–Kier alpha value is -0.890. The predicted molar refractivity (Wildman–Crippen MR) is 58.7 cm³/mol. The van der Waals surface area contributed by atoms with Crippen LogP contribution < -0.4 is 0 Å². The van der Waals surface area contributed by atoms with Gasteiger partial charge in [0.2, 0.25) is 0 Å². The van der Waals surface area contributed by atoms with E-state index in [1.807, 2.05) is 23.8 Å². The van der Waals surface area contributed by atoms with Crippen LogP contribution in [0.4, 0.5) is 0 Å². The molecule has 1 aliphatic rings. The molecule has 0 aliphatic carbocycles. The fourth-order valence-electron chi connectivity index (χ4n) is 1.46. The van der Waals surface area contributed by atoms with Crippen molar-refractivity contribution in [3.8, 4) is 0 Å². The number of rotatable bonds is 2. The second-order valence-corrected chi connectivity index (χ2v) is 4.37. The topological polar surface area (TPSA) is 12.4 Å². The Morgan fingerprint density at radius 3 is 3.08 bits per heavy atom. The van der Waals surface area contributed by atoms with Crippen LogP contribution >= 0.6 is 11.3 Å². The molecule has 2 rings (SSSR count). The standard InChI is InChI=1S/C11H13NS/c1-2-10-3-4-11(13-10)9-5-7-12-8-6-9/h3-5,7-9H,2,6H2,1H3. The first-order valence-corrected chi connectivity index (χ1v) is 5.48. The highest BCUT2D eigenvalue weighted by Crippen LogP contribution is 2.29. The lowest BCUT2D eigenvalue weighted by atomic mass is 10.0. The first-order valence-electron chi connectivity index (χ1n) is 4.67. The molecule has 1 atom stereocenters. The molecule has 2 heterocycles. The molecule has 1 aromatic heterocycles. The van der Waals surface area contributed by atoms with Crippen molar-refractivity contribution in [3.63, 3.8) is 0 Å². The SMILES string of the molecule is CCc1ccc(C2C=CN=CC2)s1. The fraction of sp³-hybridized carbons (Fsp3) is 0.364. The molecule has 0 bridgehead atoms. The average Bonchev–Trinajstić information content (AvgIpc) is 2.67. The maximum absolute atomic E-state index is 4.08. The van der Waals surface area contributed by atoms with Crippen molar-refractivity contribution in [3.05, 3.63) is 34.2 Å². The van der Waals surface area contributed by atoms with Crippen LogP contribution in [-0.4, -0.2) is 6.21 Å². The highest BCUT2D eigenvalue weighted by molar-refractivity contribution is 7.12. The summed E-state index contributed by atoms with van der Waals surface area (Å²) in [4.78, 5) is 7.03. The number of hydrogen-bond acceptors (Lipinski definition) is 2. The van der Waals surface area contributed by atoms with Crippen molar-refractivity contribution in [1.82, 2.24) is 0 Å². The van der Waals surface area contributed by atoms with Crippen LogP contribution in [0, 0.1) is 0 Å². The third-order valence-corrected chi connectivity index (χ3v) is 3.63. The second kappa shape index (κ2) is 3.88. The van der Waals surface area contributed by atoms with Gasteiger partial charge < -0.3 is 0 Å². The molecule has 0 saturated heterocycles. The molecule has 0 saturated carbocycles. The van der Waals surface area contributed by atoms with Gasteiger partial charge in [-0.2, -0.15) is 0 Å². The molecule has 0 spiro atoms. The Morgan fingerprint density at radius 2 is 2.46 bits per heavy atom. The fourth-order valence-corrected chi connectivity index (χ4v) is 2.51. The molecular weight excluding hydrogens is 178 g/mol. The van der Waals surface area contributed by atoms with E-state index in [1.165, 1.54) is 9.75 Å². The number of aryl methyl sites for hydroxylation is 1. The second-order valence-electron chi connectivity index (χ2n) is 3.17. The van der Waals surface area contributed by atoms with Gasteiger partial charge in [0.25, 0.3) is 0 Å². The van der Waals surface area contributed by atoms with Crippen LogP contribution in [0.15, 0.2) is 29.4 Å². The number of aliphatic imine (C=N–C) groups is 1. The van der Waals surface area contributed by atoms with Crippen molar-refractivity contribution in [2.75, 3.05) is 0 Å². The molecule has 1 unspecified atom stereocenters. The minimum Gasteiger partial charge on any atom is -0.269 e. The van der Waals surface area contributed by atoms with Crippen molar-refractivity contribution in [2.24, 2.45) is 4.99 Å². The van der Waals surface area contributed by atoms with E-state index < -0.39 is 0 Å². The summed E-state index contributed by atoms with van der Waals surface area (Å²) < 4.78 is 0. The maximum atomic E-state index is 4.08. The zero-order chi connectivity index (χ0) is 9.10. The Morgan fingerprint density at radius 1 is 1.54 bits per heavy atom. The maximum Gasteiger partial charge on any atom is 0.0230 e. The van der Waals surface area contributed by atoms with Gasteiger partial charge in [0.1, 0.15) is 0 Å². The number of nitrogens with zero attached hydrogens (tertiary/aromatic N) is 1. The lowest BCUT2D eigenvalue weighted by Gasteiger charge is -2.09. The van der Waals surface area contributed by atoms with Gasteiger partial charge in [-0.25, -0.2) is 0 Å². The van der Waals surface area contributed by atoms with Gasteiger partial charge in [-0.05, 0) is 25.0 Å². The Bertz CT molecular complexity index is 336. The van der Waals surface area contributed by atoms with E-state index in [1.54, 1.807) is 0 Å². The Balaban J connectivity index is 2.16. The third-order valence-electron chi connectivity index (χ3n) is 2.27. The first kappa shape index (κ1) is 8.70. The first-order chi connectivity index (χ1) is 6.40. The molecule has 1 nitrogen and oxygen atoms in total. The van der Waals surface area contributed by atoms with Crippen molar-refractivity contribution in [2.45, 2.75) is 25.7 Å². The molecule has 0 radical (unpaired) electrons. The molecule has 1 aliphatic heterocycles. The van der Waals surface area contributed by atoms with E-state index in [2.05, 4.69) is 30.1 Å². The van der Waals surface area contributed by atoms with Gasteiger partial charge in [0.15, 0.2) is 0 Å². The van der Waals surface area contributed by atoms with Crippen molar-refractivity contribution < 1.29 is 0 Å². The van der Waals surface area contributed by atoms with E-state index in [-0.39, 0.29) is 0 Å². The van der Waals surface area contributed by atoms with E-state index in [0.717, 1.165) is 12.8 Å². The van der Waals surface area contributed by atoms with Crippen molar-refractivity contribution in [1.29, 1.82) is 0 Å². The number of thiophene rings is 1. The lowest BCUT2D eigenvalue weighted by molar-refractivity contribution is 0.909. The molecule has 0 N–H and O–H groups in total. The van der Waals surface area contributed by atoms with E-state index in [9.17, 15) is 0 Å². The monoisotopic (exact) mass is 191 g/mol. The molecular formula is C11H13NS. The zero-order valence-corrected chi connectivity index (χ0v) is 8.55. The number of allylic oxidation sites excluding steroid dienone is 1. The van der Waals surface area contributed by atoms with Crippen LogP contribution in [0.3, 0.4) is 0 Å². The van der Waals surface area contributed by atoms with Gasteiger partial charge in [-0.15, -0.1) is 11.3 Å². The molecule has 0 aromatic carbocycles. The highest BCUT2D eigenvalue weighted by Gasteiger charge is 2.10. The smallest absolute Gasteiger partial charge is 0.0230 e. The van der Waals surface area contributed by atoms with Crippen LogP contribution in [-0.2, 0) is 6.42 Å². The van der Waals surface area contributed by atoms with Crippen LogP contribution in [0.1, 0.15) is 29.0 Å². The third kappa shape index (κ3) is 1.89. The Labute approximate surface area is 82.8 Å².